The Morgan fingerprint density at radius 3 is 2.33 bits per heavy atom. The molecule has 0 saturated heterocycles. The van der Waals surface area contributed by atoms with Crippen LogP contribution in [0.15, 0.2) is 0 Å². The van der Waals surface area contributed by atoms with E-state index in [0.717, 1.165) is 6.42 Å². The van der Waals surface area contributed by atoms with Crippen molar-refractivity contribution in [3.8, 4) is 0 Å². The lowest BCUT2D eigenvalue weighted by atomic mass is 9.85. The Morgan fingerprint density at radius 1 is 1.17 bits per heavy atom. The van der Waals surface area contributed by atoms with E-state index in [4.69, 9.17) is 0 Å². The lowest BCUT2D eigenvalue weighted by Crippen LogP contribution is -2.57. The maximum Gasteiger partial charge on any atom is 0.0700 e. The first-order valence-corrected chi connectivity index (χ1v) is 4.66. The third-order valence-electron chi connectivity index (χ3n) is 2.91. The molecule has 71 valence electrons. The smallest absolute Gasteiger partial charge is 0.0700 e. The predicted molar refractivity (Wildman–Crippen MR) is 51.6 cm³/mol. The highest BCUT2D eigenvalue weighted by Crippen LogP contribution is 2.29. The fourth-order valence-electron chi connectivity index (χ4n) is 1.91. The minimum atomic E-state index is 0.136. The standard InChI is InChI=1S/C9H20N3/c1-10-8-5-4-6-9(7-8,11-2)12-3/h10-12H,4-7H2,1-3H3. The summed E-state index contributed by atoms with van der Waals surface area (Å²) in [7, 11) is 6.06. The van der Waals surface area contributed by atoms with Crippen LogP contribution < -0.4 is 16.0 Å². The number of nitrogens with one attached hydrogen (secondary N) is 3. The monoisotopic (exact) mass is 170 g/mol. The molecule has 0 spiro atoms. The zero-order valence-electron chi connectivity index (χ0n) is 8.33. The van der Waals surface area contributed by atoms with Crippen LogP contribution in [-0.4, -0.2) is 26.8 Å². The Balaban J connectivity index is 2.52. The Hall–Kier alpha value is -0.120. The molecular weight excluding hydrogens is 150 g/mol. The van der Waals surface area contributed by atoms with Gasteiger partial charge in [-0.2, -0.15) is 0 Å². The van der Waals surface area contributed by atoms with Gasteiger partial charge in [-0.25, -0.2) is 0 Å². The molecule has 0 amide bonds. The first-order chi connectivity index (χ1) is 5.76. The van der Waals surface area contributed by atoms with E-state index in [0.29, 0.717) is 0 Å². The van der Waals surface area contributed by atoms with Gasteiger partial charge in [0, 0.05) is 6.04 Å². The lowest BCUT2D eigenvalue weighted by molar-refractivity contribution is 0.214. The van der Waals surface area contributed by atoms with Crippen molar-refractivity contribution in [3.63, 3.8) is 0 Å². The van der Waals surface area contributed by atoms with E-state index in [9.17, 15) is 0 Å². The zero-order chi connectivity index (χ0) is 9.03. The molecule has 0 unspecified atom stereocenters. The zero-order valence-corrected chi connectivity index (χ0v) is 8.33. The first kappa shape index (κ1) is 9.96. The molecule has 0 aromatic heterocycles. The second-order valence-corrected chi connectivity index (χ2v) is 3.47. The molecule has 12 heavy (non-hydrogen) atoms. The Labute approximate surface area is 75.3 Å². The third-order valence-corrected chi connectivity index (χ3v) is 2.91. The van der Waals surface area contributed by atoms with Crippen LogP contribution in [0.4, 0.5) is 0 Å². The number of hydrogen-bond donors (Lipinski definition) is 3. The van der Waals surface area contributed by atoms with Crippen LogP contribution in [0.2, 0.25) is 0 Å². The van der Waals surface area contributed by atoms with E-state index in [1.165, 1.54) is 25.3 Å². The van der Waals surface area contributed by atoms with Crippen LogP contribution in [0.5, 0.6) is 0 Å². The molecule has 1 saturated carbocycles. The minimum absolute atomic E-state index is 0.136. The van der Waals surface area contributed by atoms with E-state index in [1.54, 1.807) is 0 Å². The topological polar surface area (TPSA) is 36.1 Å². The summed E-state index contributed by atoms with van der Waals surface area (Å²) in [6.07, 6.45) is 4.79. The van der Waals surface area contributed by atoms with Crippen molar-refractivity contribution in [2.75, 3.05) is 21.1 Å². The molecule has 1 rings (SSSR count). The van der Waals surface area contributed by atoms with Gasteiger partial charge >= 0.3 is 0 Å². The van der Waals surface area contributed by atoms with E-state index < -0.39 is 0 Å². The summed E-state index contributed by atoms with van der Waals surface area (Å²) in [5, 5.41) is 9.98. The SMILES string of the molecule is CN[C]1CCCC(NC)(NC)C1. The fourth-order valence-corrected chi connectivity index (χ4v) is 1.91. The van der Waals surface area contributed by atoms with Gasteiger partial charge in [-0.3, -0.25) is 0 Å². The largest absolute Gasteiger partial charge is 0.312 e. The molecule has 3 heteroatoms. The Morgan fingerprint density at radius 2 is 1.83 bits per heavy atom. The summed E-state index contributed by atoms with van der Waals surface area (Å²) in [6, 6.07) is 1.45. The van der Waals surface area contributed by atoms with Crippen LogP contribution in [0.3, 0.4) is 0 Å². The van der Waals surface area contributed by atoms with Gasteiger partial charge in [0.25, 0.3) is 0 Å². The molecule has 1 aliphatic rings. The predicted octanol–water partition coefficient (Wildman–Crippen LogP) is 0.447. The Kier molecular flexibility index (Phi) is 3.50. The molecular formula is C9H20N3. The molecule has 3 nitrogen and oxygen atoms in total. The van der Waals surface area contributed by atoms with Gasteiger partial charge in [0.2, 0.25) is 0 Å². The van der Waals surface area contributed by atoms with Gasteiger partial charge in [0.15, 0.2) is 0 Å². The van der Waals surface area contributed by atoms with Crippen molar-refractivity contribution in [1.29, 1.82) is 0 Å². The fraction of sp³-hybridized carbons (Fsp3) is 0.889. The first-order valence-electron chi connectivity index (χ1n) is 4.66. The summed E-state index contributed by atoms with van der Waals surface area (Å²) in [6.45, 7) is 0. The Bertz CT molecular complexity index is 132. The molecule has 0 aliphatic heterocycles. The molecule has 0 bridgehead atoms. The average molecular weight is 170 g/mol. The van der Waals surface area contributed by atoms with Crippen LogP contribution in [-0.2, 0) is 0 Å². The van der Waals surface area contributed by atoms with E-state index in [2.05, 4.69) is 16.0 Å². The molecule has 1 radical (unpaired) electrons. The lowest BCUT2D eigenvalue weighted by Gasteiger charge is -2.40. The quantitative estimate of drug-likeness (QED) is 0.538. The van der Waals surface area contributed by atoms with E-state index in [1.807, 2.05) is 21.1 Å². The van der Waals surface area contributed by atoms with Crippen LogP contribution >= 0.6 is 0 Å². The molecule has 0 aromatic rings. The average Bonchev–Trinajstić information content (AvgIpc) is 2.18. The highest BCUT2D eigenvalue weighted by Gasteiger charge is 2.32. The molecule has 0 aromatic carbocycles. The highest BCUT2D eigenvalue weighted by atomic mass is 15.2. The number of rotatable bonds is 3. The molecule has 1 fully saturated rings. The van der Waals surface area contributed by atoms with Crippen molar-refractivity contribution in [1.82, 2.24) is 16.0 Å². The summed E-state index contributed by atoms with van der Waals surface area (Å²) >= 11 is 0. The normalized spacial score (nSPS) is 24.2. The van der Waals surface area contributed by atoms with Gasteiger partial charge in [0.05, 0.1) is 5.66 Å². The van der Waals surface area contributed by atoms with Crippen LogP contribution in [0, 0.1) is 6.04 Å². The van der Waals surface area contributed by atoms with Gasteiger partial charge in [-0.15, -0.1) is 0 Å². The summed E-state index contributed by atoms with van der Waals surface area (Å²) in [5.41, 5.74) is 0.136. The molecule has 1 aliphatic carbocycles. The molecule has 3 N–H and O–H groups in total. The van der Waals surface area contributed by atoms with E-state index in [-0.39, 0.29) is 5.66 Å². The van der Waals surface area contributed by atoms with Crippen molar-refractivity contribution >= 4 is 0 Å². The summed E-state index contributed by atoms with van der Waals surface area (Å²) in [5.74, 6) is 0. The summed E-state index contributed by atoms with van der Waals surface area (Å²) < 4.78 is 0. The van der Waals surface area contributed by atoms with Crippen molar-refractivity contribution in [3.05, 3.63) is 6.04 Å². The van der Waals surface area contributed by atoms with E-state index >= 15 is 0 Å². The highest BCUT2D eigenvalue weighted by molar-refractivity contribution is 5.01. The van der Waals surface area contributed by atoms with Gasteiger partial charge in [-0.1, -0.05) is 0 Å². The maximum absolute atomic E-state index is 3.36. The second kappa shape index (κ2) is 4.21. The van der Waals surface area contributed by atoms with Crippen molar-refractivity contribution < 1.29 is 0 Å². The van der Waals surface area contributed by atoms with Crippen LogP contribution in [0.25, 0.3) is 0 Å². The van der Waals surface area contributed by atoms with Gasteiger partial charge < -0.3 is 16.0 Å². The van der Waals surface area contributed by atoms with Crippen molar-refractivity contribution in [2.24, 2.45) is 0 Å². The minimum Gasteiger partial charge on any atom is -0.312 e. The third kappa shape index (κ3) is 1.97. The number of hydrogen-bond acceptors (Lipinski definition) is 3. The summed E-state index contributed by atoms with van der Waals surface area (Å²) in [4.78, 5) is 0. The second-order valence-electron chi connectivity index (χ2n) is 3.47. The van der Waals surface area contributed by atoms with Crippen molar-refractivity contribution in [2.45, 2.75) is 31.3 Å². The van der Waals surface area contributed by atoms with Crippen LogP contribution in [0.1, 0.15) is 25.7 Å². The van der Waals surface area contributed by atoms with Gasteiger partial charge in [0.1, 0.15) is 0 Å². The maximum atomic E-state index is 3.36. The van der Waals surface area contributed by atoms with Gasteiger partial charge in [-0.05, 0) is 46.8 Å². The molecule has 0 atom stereocenters. The molecule has 0 heterocycles.